The maximum Gasteiger partial charge on any atom is 0.188 e. The molecule has 202 valence electrons. The van der Waals surface area contributed by atoms with Crippen LogP contribution in [0.25, 0.3) is 11.0 Å². The van der Waals surface area contributed by atoms with Gasteiger partial charge in [-0.05, 0) is 111 Å². The molecule has 4 saturated carbocycles. The molecular formula is C29H39F2N3O3. The fourth-order valence-electron chi connectivity index (χ4n) is 9.60. The van der Waals surface area contributed by atoms with E-state index in [1.54, 1.807) is 0 Å². The number of fused-ring (bicyclic) bond motifs is 6. The third-order valence-electron chi connectivity index (χ3n) is 11.2. The van der Waals surface area contributed by atoms with Gasteiger partial charge in [-0.2, -0.15) is 9.90 Å². The number of aliphatic hydroxyl groups is 1. The molecular weight excluding hydrogens is 476 g/mol. The molecule has 4 aliphatic rings. The van der Waals surface area contributed by atoms with E-state index in [1.807, 2.05) is 14.0 Å². The molecule has 6 rings (SSSR count). The summed E-state index contributed by atoms with van der Waals surface area (Å²) in [6, 6.07) is 2.44. The summed E-state index contributed by atoms with van der Waals surface area (Å²) in [6.45, 7) is 5.05. The van der Waals surface area contributed by atoms with E-state index in [0.717, 1.165) is 70.5 Å². The molecule has 0 amide bonds. The molecule has 1 aromatic heterocycles. The number of Topliss-reactive ketones (excluding diaryl/α,β-unsaturated/α-hetero) is 1. The summed E-state index contributed by atoms with van der Waals surface area (Å²) < 4.78 is 33.6. The Hall–Kier alpha value is -1.93. The highest BCUT2D eigenvalue weighted by Gasteiger charge is 2.63. The predicted molar refractivity (Wildman–Crippen MR) is 134 cm³/mol. The lowest BCUT2D eigenvalue weighted by Gasteiger charge is -2.62. The molecule has 0 spiro atoms. The number of ketones is 1. The molecule has 2 aromatic rings. The van der Waals surface area contributed by atoms with Gasteiger partial charge in [-0.3, -0.25) is 4.79 Å². The van der Waals surface area contributed by atoms with E-state index in [9.17, 15) is 18.7 Å². The van der Waals surface area contributed by atoms with E-state index in [0.29, 0.717) is 23.7 Å². The summed E-state index contributed by atoms with van der Waals surface area (Å²) in [5.74, 6) is 0.178. The van der Waals surface area contributed by atoms with Crippen LogP contribution in [-0.4, -0.2) is 45.2 Å². The van der Waals surface area contributed by atoms with Crippen molar-refractivity contribution in [2.45, 2.75) is 83.8 Å². The molecule has 8 heteroatoms. The number of aromatic nitrogens is 3. The van der Waals surface area contributed by atoms with E-state index in [-0.39, 0.29) is 40.1 Å². The number of carbonyl (C=O) groups excluding carboxylic acids is 1. The van der Waals surface area contributed by atoms with Gasteiger partial charge in [0.25, 0.3) is 0 Å². The van der Waals surface area contributed by atoms with Crippen LogP contribution in [0.2, 0.25) is 0 Å². The fraction of sp³-hybridized carbons (Fsp3) is 0.759. The van der Waals surface area contributed by atoms with Crippen molar-refractivity contribution in [1.29, 1.82) is 0 Å². The summed E-state index contributed by atoms with van der Waals surface area (Å²) in [5, 5.41) is 19.2. The fourth-order valence-corrected chi connectivity index (χ4v) is 9.60. The molecule has 37 heavy (non-hydrogen) atoms. The van der Waals surface area contributed by atoms with Crippen LogP contribution in [0.4, 0.5) is 8.78 Å². The van der Waals surface area contributed by atoms with Crippen molar-refractivity contribution in [2.24, 2.45) is 40.4 Å². The molecule has 6 nitrogen and oxygen atoms in total. The minimum atomic E-state index is -1.02. The molecule has 0 radical (unpaired) electrons. The van der Waals surface area contributed by atoms with Gasteiger partial charge in [0.1, 0.15) is 12.1 Å². The van der Waals surface area contributed by atoms with Crippen molar-refractivity contribution in [3.05, 3.63) is 23.8 Å². The molecule has 8 atom stereocenters. The zero-order valence-corrected chi connectivity index (χ0v) is 22.2. The zero-order valence-electron chi connectivity index (χ0n) is 22.2. The van der Waals surface area contributed by atoms with E-state index in [4.69, 9.17) is 4.74 Å². The van der Waals surface area contributed by atoms with Gasteiger partial charge in [0.05, 0.1) is 12.2 Å². The zero-order chi connectivity index (χ0) is 26.2. The van der Waals surface area contributed by atoms with Crippen molar-refractivity contribution in [3.63, 3.8) is 0 Å². The van der Waals surface area contributed by atoms with Gasteiger partial charge in [-0.1, -0.05) is 6.92 Å². The molecule has 0 aliphatic heterocycles. The molecule has 4 aliphatic carbocycles. The summed E-state index contributed by atoms with van der Waals surface area (Å²) in [5.41, 5.74) is -0.390. The average Bonchev–Trinajstić information content (AvgIpc) is 3.42. The largest absolute Gasteiger partial charge is 0.390 e. The normalized spacial score (nSPS) is 41.3. The Bertz CT molecular complexity index is 1210. The van der Waals surface area contributed by atoms with Gasteiger partial charge in [0.15, 0.2) is 22.9 Å². The van der Waals surface area contributed by atoms with Gasteiger partial charge in [0.2, 0.25) is 0 Å². The van der Waals surface area contributed by atoms with Crippen LogP contribution in [0, 0.1) is 52.1 Å². The SMILES string of the molecule is COCC12CCC(C)(O)CC1CCC1C3CCC(C(=O)Cn4nc5ccc(F)c(F)c5n4)C3(C)CCC12. The van der Waals surface area contributed by atoms with Crippen molar-refractivity contribution in [1.82, 2.24) is 15.0 Å². The lowest BCUT2D eigenvalue weighted by atomic mass is 9.43. The van der Waals surface area contributed by atoms with E-state index in [1.165, 1.54) is 10.9 Å². The number of nitrogens with zero attached hydrogens (tertiary/aromatic N) is 3. The topological polar surface area (TPSA) is 77.2 Å². The highest BCUT2D eigenvalue weighted by atomic mass is 19.2. The van der Waals surface area contributed by atoms with Crippen molar-refractivity contribution in [2.75, 3.05) is 13.7 Å². The van der Waals surface area contributed by atoms with E-state index >= 15 is 0 Å². The number of benzene rings is 1. The first-order valence-corrected chi connectivity index (χ1v) is 14.0. The molecule has 1 N–H and O–H groups in total. The van der Waals surface area contributed by atoms with E-state index < -0.39 is 17.2 Å². The molecule has 0 bridgehead atoms. The number of ether oxygens (including phenoxy) is 1. The Kier molecular flexibility index (Phi) is 6.03. The third-order valence-corrected chi connectivity index (χ3v) is 11.2. The lowest BCUT2D eigenvalue weighted by Crippen LogP contribution is -2.58. The predicted octanol–water partition coefficient (Wildman–Crippen LogP) is 5.32. The van der Waals surface area contributed by atoms with Crippen LogP contribution in [0.3, 0.4) is 0 Å². The van der Waals surface area contributed by atoms with Crippen LogP contribution >= 0.6 is 0 Å². The number of rotatable bonds is 5. The van der Waals surface area contributed by atoms with Gasteiger partial charge in [-0.15, -0.1) is 5.10 Å². The Morgan fingerprint density at radius 1 is 1.08 bits per heavy atom. The third kappa shape index (κ3) is 3.88. The number of carbonyl (C=O) groups is 1. The molecule has 1 aromatic carbocycles. The van der Waals surface area contributed by atoms with Gasteiger partial charge in [0, 0.05) is 13.0 Å². The monoisotopic (exact) mass is 515 g/mol. The Morgan fingerprint density at radius 3 is 2.68 bits per heavy atom. The first kappa shape index (κ1) is 25.4. The summed E-state index contributed by atoms with van der Waals surface area (Å²) in [6.07, 6.45) is 9.01. The smallest absolute Gasteiger partial charge is 0.188 e. The minimum Gasteiger partial charge on any atom is -0.390 e. The first-order valence-electron chi connectivity index (χ1n) is 14.0. The van der Waals surface area contributed by atoms with Crippen molar-refractivity contribution >= 4 is 16.8 Å². The van der Waals surface area contributed by atoms with Gasteiger partial charge < -0.3 is 9.84 Å². The molecule has 8 unspecified atom stereocenters. The highest BCUT2D eigenvalue weighted by Crippen LogP contribution is 2.68. The van der Waals surface area contributed by atoms with Gasteiger partial charge in [-0.25, -0.2) is 8.78 Å². The summed E-state index contributed by atoms with van der Waals surface area (Å²) >= 11 is 0. The molecule has 1 heterocycles. The van der Waals surface area contributed by atoms with Crippen LogP contribution < -0.4 is 0 Å². The number of hydrogen-bond donors (Lipinski definition) is 1. The van der Waals surface area contributed by atoms with Crippen molar-refractivity contribution in [3.8, 4) is 0 Å². The average molecular weight is 516 g/mol. The van der Waals surface area contributed by atoms with Crippen molar-refractivity contribution < 1.29 is 23.4 Å². The maximum absolute atomic E-state index is 14.1. The van der Waals surface area contributed by atoms with Crippen LogP contribution in [0.15, 0.2) is 12.1 Å². The lowest BCUT2D eigenvalue weighted by molar-refractivity contribution is -0.175. The summed E-state index contributed by atoms with van der Waals surface area (Å²) in [4.78, 5) is 14.9. The maximum atomic E-state index is 14.1. The minimum absolute atomic E-state index is 0.0123. The van der Waals surface area contributed by atoms with E-state index in [2.05, 4.69) is 17.1 Å². The number of methoxy groups -OCH3 is 1. The molecule has 4 fully saturated rings. The second kappa shape index (κ2) is 8.80. The number of halogens is 2. The number of hydrogen-bond acceptors (Lipinski definition) is 5. The van der Waals surface area contributed by atoms with Crippen LogP contribution in [0.1, 0.15) is 71.6 Å². The Balaban J connectivity index is 1.22. The highest BCUT2D eigenvalue weighted by molar-refractivity contribution is 5.82. The van der Waals surface area contributed by atoms with Crippen LogP contribution in [0.5, 0.6) is 0 Å². The van der Waals surface area contributed by atoms with Crippen LogP contribution in [-0.2, 0) is 16.1 Å². The Morgan fingerprint density at radius 2 is 1.89 bits per heavy atom. The Labute approximate surface area is 217 Å². The first-order chi connectivity index (χ1) is 17.6. The molecule has 0 saturated heterocycles. The standard InChI is InChI=1S/C29H39F2N3O3/c1-27(36)12-13-29(16-37-3)17(14-27)4-5-18-19-6-7-21(28(19,2)11-10-20(18)29)24(35)15-34-32-23-9-8-22(30)25(31)26(23)33-34/h8-9,17-21,36H,4-7,10-16H2,1-3H3. The quantitative estimate of drug-likeness (QED) is 0.584. The second-order valence-electron chi connectivity index (χ2n) is 13.1. The van der Waals surface area contributed by atoms with Gasteiger partial charge >= 0.3 is 0 Å². The summed E-state index contributed by atoms with van der Waals surface area (Å²) in [7, 11) is 1.81. The second-order valence-corrected chi connectivity index (χ2v) is 13.1.